The van der Waals surface area contributed by atoms with E-state index < -0.39 is 22.7 Å². The summed E-state index contributed by atoms with van der Waals surface area (Å²) in [5.74, 6) is 0.940. The van der Waals surface area contributed by atoms with Crippen molar-refractivity contribution >= 4 is 69.3 Å². The predicted octanol–water partition coefficient (Wildman–Crippen LogP) is 7.09. The van der Waals surface area contributed by atoms with E-state index in [0.717, 1.165) is 11.1 Å². The molecule has 1 unspecified atom stereocenters. The van der Waals surface area contributed by atoms with E-state index in [2.05, 4.69) is 30.6 Å². The van der Waals surface area contributed by atoms with Crippen molar-refractivity contribution in [3.8, 4) is 11.5 Å². The first-order valence-electron chi connectivity index (χ1n) is 15.8. The minimum Gasteiger partial charge on any atom is -0.492 e. The number of carbonyl (C=O) groups is 2. The molecule has 0 saturated heterocycles. The van der Waals surface area contributed by atoms with Crippen LogP contribution in [-0.2, 0) is 33.4 Å². The van der Waals surface area contributed by atoms with E-state index in [1.54, 1.807) is 26.0 Å². The van der Waals surface area contributed by atoms with Gasteiger partial charge in [-0.25, -0.2) is 29.5 Å². The van der Waals surface area contributed by atoms with Crippen LogP contribution >= 0.6 is 35.0 Å². The summed E-state index contributed by atoms with van der Waals surface area (Å²) in [6.07, 6.45) is 6.13. The van der Waals surface area contributed by atoms with E-state index in [1.807, 2.05) is 44.4 Å². The summed E-state index contributed by atoms with van der Waals surface area (Å²) in [5, 5.41) is 7.95. The number of hydrogen-bond acceptors (Lipinski definition) is 14. The van der Waals surface area contributed by atoms with Gasteiger partial charge in [0.05, 0.1) is 47.3 Å². The lowest BCUT2D eigenvalue weighted by Gasteiger charge is -2.12. The van der Waals surface area contributed by atoms with Crippen molar-refractivity contribution in [2.45, 2.75) is 51.1 Å². The number of nitrogens with zero attached hydrogens (tertiary/aromatic N) is 4. The Kier molecular flexibility index (Phi) is 17.2. The van der Waals surface area contributed by atoms with Crippen molar-refractivity contribution in [3.05, 3.63) is 81.1 Å². The van der Waals surface area contributed by atoms with Crippen LogP contribution in [0.4, 0.5) is 11.6 Å². The Bertz CT molecular complexity index is 1820. The second kappa shape index (κ2) is 21.2. The number of anilines is 2. The molecular weight excluding hydrogens is 739 g/mol. The fourth-order valence-electron chi connectivity index (χ4n) is 4.18. The van der Waals surface area contributed by atoms with Gasteiger partial charge in [-0.1, -0.05) is 47.1 Å². The molecule has 17 heteroatoms. The molecule has 51 heavy (non-hydrogen) atoms. The standard InChI is InChI=1S/C17H20ClN3O4S.C17H20ClN3O3S/c1-4-24-14-7-6-11(8-13(14)18)9-19-15-12(16(22)25-5-2)10-20-17(21-15)26(3)23;1-4-23-14-7-6-11(8-13(14)18)9-19-15-12(16(22)24-5-2)10-20-17(21-15)25-3/h6-8,10H,4-5,9H2,1-3H3,(H,19,20,21);6-8,10H,4-5,9H2,1-3H3,(H,19,20,21). The minimum absolute atomic E-state index is 0.130. The predicted molar refractivity (Wildman–Crippen MR) is 200 cm³/mol. The Hall–Kier alpha value is -4.18. The van der Waals surface area contributed by atoms with Crippen LogP contribution in [0, 0.1) is 0 Å². The monoisotopic (exact) mass is 778 g/mol. The number of thioether (sulfide) groups is 1. The average Bonchev–Trinajstić information content (AvgIpc) is 3.12. The lowest BCUT2D eigenvalue weighted by molar-refractivity contribution is 0.0516. The first-order chi connectivity index (χ1) is 24.5. The zero-order valence-electron chi connectivity index (χ0n) is 29.1. The summed E-state index contributed by atoms with van der Waals surface area (Å²) >= 11 is 13.8. The molecule has 0 aliphatic heterocycles. The number of carbonyl (C=O) groups excluding carboxylic acids is 2. The fourth-order valence-corrected chi connectivity index (χ4v) is 5.46. The third-order valence-electron chi connectivity index (χ3n) is 6.48. The quantitative estimate of drug-likeness (QED) is 0.0673. The molecule has 0 aliphatic carbocycles. The molecule has 1 atom stereocenters. The number of ether oxygens (including phenoxy) is 4. The molecule has 2 aromatic carbocycles. The van der Waals surface area contributed by atoms with Gasteiger partial charge in [0, 0.05) is 31.7 Å². The second-order valence-electron chi connectivity index (χ2n) is 10.0. The molecule has 2 heterocycles. The minimum atomic E-state index is -1.37. The third kappa shape index (κ3) is 12.5. The van der Waals surface area contributed by atoms with Crippen LogP contribution in [0.15, 0.2) is 59.1 Å². The number of nitrogens with one attached hydrogen (secondary N) is 2. The molecule has 0 radical (unpaired) electrons. The van der Waals surface area contributed by atoms with Gasteiger partial charge in [0.2, 0.25) is 5.16 Å². The van der Waals surface area contributed by atoms with Crippen molar-refractivity contribution in [3.63, 3.8) is 0 Å². The van der Waals surface area contributed by atoms with Gasteiger partial charge in [-0.2, -0.15) is 0 Å². The van der Waals surface area contributed by atoms with E-state index in [1.165, 1.54) is 30.4 Å². The number of hydrogen-bond donors (Lipinski definition) is 2. The van der Waals surface area contributed by atoms with Crippen LogP contribution in [0.1, 0.15) is 59.5 Å². The maximum Gasteiger partial charge on any atom is 0.343 e. The van der Waals surface area contributed by atoms with Gasteiger partial charge < -0.3 is 29.6 Å². The maximum atomic E-state index is 12.1. The Labute approximate surface area is 314 Å². The summed E-state index contributed by atoms with van der Waals surface area (Å²) in [6, 6.07) is 11.0. The van der Waals surface area contributed by atoms with Crippen LogP contribution < -0.4 is 20.1 Å². The second-order valence-corrected chi connectivity index (χ2v) is 12.9. The van der Waals surface area contributed by atoms with Crippen molar-refractivity contribution in [2.24, 2.45) is 0 Å². The summed E-state index contributed by atoms with van der Waals surface area (Å²) < 4.78 is 32.5. The SMILES string of the molecule is CCOC(=O)c1cnc(S(C)=O)nc1NCc1ccc(OCC)c(Cl)c1.CCOC(=O)c1cnc(SC)nc1NCc1ccc(OCC)c(Cl)c1. The maximum absolute atomic E-state index is 12.1. The smallest absolute Gasteiger partial charge is 0.343 e. The van der Waals surface area contributed by atoms with Crippen LogP contribution in [-0.4, -0.2) is 75.0 Å². The highest BCUT2D eigenvalue weighted by Crippen LogP contribution is 2.27. The topological polar surface area (TPSA) is 164 Å². The number of aromatic nitrogens is 4. The molecule has 0 bridgehead atoms. The van der Waals surface area contributed by atoms with E-state index >= 15 is 0 Å². The normalized spacial score (nSPS) is 11.1. The Morgan fingerprint density at radius 2 is 1.22 bits per heavy atom. The van der Waals surface area contributed by atoms with Gasteiger partial charge in [0.25, 0.3) is 0 Å². The van der Waals surface area contributed by atoms with Gasteiger partial charge in [0.15, 0.2) is 5.16 Å². The van der Waals surface area contributed by atoms with Crippen LogP contribution in [0.25, 0.3) is 0 Å². The van der Waals surface area contributed by atoms with E-state index in [-0.39, 0.29) is 29.8 Å². The molecule has 0 fully saturated rings. The molecule has 0 spiro atoms. The molecule has 2 N–H and O–H groups in total. The first-order valence-corrected chi connectivity index (χ1v) is 19.3. The van der Waals surface area contributed by atoms with Crippen LogP contribution in [0.5, 0.6) is 11.5 Å². The summed E-state index contributed by atoms with van der Waals surface area (Å²) in [7, 11) is -1.37. The zero-order chi connectivity index (χ0) is 37.3. The largest absolute Gasteiger partial charge is 0.492 e. The van der Waals surface area contributed by atoms with Crippen molar-refractivity contribution < 1.29 is 32.7 Å². The number of rotatable bonds is 16. The molecule has 4 rings (SSSR count). The average molecular weight is 780 g/mol. The van der Waals surface area contributed by atoms with Gasteiger partial charge in [-0.15, -0.1) is 0 Å². The highest BCUT2D eigenvalue weighted by atomic mass is 35.5. The molecule has 0 saturated carbocycles. The van der Waals surface area contributed by atoms with Crippen molar-refractivity contribution in [2.75, 3.05) is 49.6 Å². The van der Waals surface area contributed by atoms with Gasteiger partial charge >= 0.3 is 11.9 Å². The van der Waals surface area contributed by atoms with Gasteiger partial charge in [0.1, 0.15) is 34.3 Å². The molecule has 274 valence electrons. The highest BCUT2D eigenvalue weighted by Gasteiger charge is 2.18. The Morgan fingerprint density at radius 1 is 0.745 bits per heavy atom. The highest BCUT2D eigenvalue weighted by molar-refractivity contribution is 7.98. The van der Waals surface area contributed by atoms with Gasteiger partial charge in [-0.05, 0) is 69.3 Å². The number of benzene rings is 2. The van der Waals surface area contributed by atoms with Gasteiger partial charge in [-0.3, -0.25) is 4.21 Å². The Balaban J connectivity index is 0.000000276. The molecule has 0 amide bonds. The zero-order valence-corrected chi connectivity index (χ0v) is 32.2. The fraction of sp³-hybridized carbons (Fsp3) is 0.353. The Morgan fingerprint density at radius 3 is 1.63 bits per heavy atom. The number of halogens is 2. The van der Waals surface area contributed by atoms with Crippen molar-refractivity contribution in [1.29, 1.82) is 0 Å². The summed E-state index contributed by atoms with van der Waals surface area (Å²) in [5.41, 5.74) is 2.29. The van der Waals surface area contributed by atoms with Crippen LogP contribution in [0.3, 0.4) is 0 Å². The van der Waals surface area contributed by atoms with Crippen molar-refractivity contribution in [1.82, 2.24) is 19.9 Å². The molecular formula is C34H40Cl2N6O7S2. The van der Waals surface area contributed by atoms with E-state index in [9.17, 15) is 13.8 Å². The molecule has 13 nitrogen and oxygen atoms in total. The summed E-state index contributed by atoms with van der Waals surface area (Å²) in [6.45, 7) is 9.65. The third-order valence-corrected chi connectivity index (χ3v) is 8.34. The summed E-state index contributed by atoms with van der Waals surface area (Å²) in [4.78, 5) is 40.8. The first kappa shape index (κ1) is 41.2. The lowest BCUT2D eigenvalue weighted by atomic mass is 10.2. The van der Waals surface area contributed by atoms with E-state index in [4.69, 9.17) is 42.1 Å². The van der Waals surface area contributed by atoms with Crippen LogP contribution in [0.2, 0.25) is 10.0 Å². The molecule has 4 aromatic rings. The lowest BCUT2D eigenvalue weighted by Crippen LogP contribution is -2.14. The number of esters is 2. The molecule has 2 aromatic heterocycles. The molecule has 0 aliphatic rings. The van der Waals surface area contributed by atoms with E-state index in [0.29, 0.717) is 64.4 Å².